The van der Waals surface area contributed by atoms with Gasteiger partial charge in [-0.15, -0.1) is 0 Å². The van der Waals surface area contributed by atoms with Gasteiger partial charge in [0.2, 0.25) is 0 Å². The SMILES string of the molecule is CN(C)S(=O)(=O)N1CCC2(CC1)CC(Cn1cnc3ccccc31)OC2=O. The number of ether oxygens (including phenoxy) is 1. The van der Waals surface area contributed by atoms with Crippen molar-refractivity contribution in [3.63, 3.8) is 0 Å². The summed E-state index contributed by atoms with van der Waals surface area (Å²) in [6.07, 6.45) is 3.18. The van der Waals surface area contributed by atoms with Gasteiger partial charge in [-0.05, 0) is 25.0 Å². The number of imidazole rings is 1. The van der Waals surface area contributed by atoms with Crippen molar-refractivity contribution >= 4 is 27.2 Å². The van der Waals surface area contributed by atoms with Crippen molar-refractivity contribution in [2.75, 3.05) is 27.2 Å². The highest BCUT2D eigenvalue weighted by molar-refractivity contribution is 7.86. The van der Waals surface area contributed by atoms with Crippen LogP contribution in [0.4, 0.5) is 0 Å². The average molecular weight is 392 g/mol. The molecule has 2 saturated heterocycles. The summed E-state index contributed by atoms with van der Waals surface area (Å²) >= 11 is 0. The number of para-hydroxylation sites is 2. The van der Waals surface area contributed by atoms with Crippen LogP contribution in [0.15, 0.2) is 30.6 Å². The first-order chi connectivity index (χ1) is 12.8. The Morgan fingerprint density at radius 3 is 2.67 bits per heavy atom. The van der Waals surface area contributed by atoms with E-state index < -0.39 is 15.6 Å². The minimum absolute atomic E-state index is 0.196. The van der Waals surface area contributed by atoms with E-state index in [9.17, 15) is 13.2 Å². The van der Waals surface area contributed by atoms with Crippen LogP contribution >= 0.6 is 0 Å². The Morgan fingerprint density at radius 2 is 1.96 bits per heavy atom. The lowest BCUT2D eigenvalue weighted by Gasteiger charge is -2.36. The Labute approximate surface area is 158 Å². The van der Waals surface area contributed by atoms with E-state index in [-0.39, 0.29) is 12.1 Å². The number of carbonyl (C=O) groups is 1. The van der Waals surface area contributed by atoms with E-state index in [1.165, 1.54) is 22.7 Å². The second-order valence-corrected chi connectivity index (χ2v) is 9.73. The first-order valence-electron chi connectivity index (χ1n) is 9.10. The van der Waals surface area contributed by atoms with Gasteiger partial charge in [0.15, 0.2) is 0 Å². The molecule has 1 aromatic heterocycles. The van der Waals surface area contributed by atoms with E-state index in [2.05, 4.69) is 4.98 Å². The van der Waals surface area contributed by atoms with Gasteiger partial charge < -0.3 is 9.30 Å². The number of piperidine rings is 1. The van der Waals surface area contributed by atoms with E-state index in [0.29, 0.717) is 38.9 Å². The van der Waals surface area contributed by atoms with Crippen LogP contribution in [0.1, 0.15) is 19.3 Å². The zero-order valence-corrected chi connectivity index (χ0v) is 16.4. The maximum atomic E-state index is 12.6. The summed E-state index contributed by atoms with van der Waals surface area (Å²) < 4.78 is 34.9. The van der Waals surface area contributed by atoms with E-state index in [4.69, 9.17) is 4.74 Å². The molecule has 1 unspecified atom stereocenters. The normalized spacial score (nSPS) is 23.4. The number of esters is 1. The van der Waals surface area contributed by atoms with Gasteiger partial charge in [-0.3, -0.25) is 4.79 Å². The molecule has 1 aromatic carbocycles. The zero-order valence-electron chi connectivity index (χ0n) is 15.5. The van der Waals surface area contributed by atoms with Gasteiger partial charge in [0.25, 0.3) is 10.2 Å². The van der Waals surface area contributed by atoms with Crippen molar-refractivity contribution in [3.05, 3.63) is 30.6 Å². The molecule has 0 bridgehead atoms. The third-order valence-electron chi connectivity index (χ3n) is 5.72. The predicted octanol–water partition coefficient (Wildman–Crippen LogP) is 1.24. The quantitative estimate of drug-likeness (QED) is 0.731. The molecule has 2 aliphatic heterocycles. The van der Waals surface area contributed by atoms with Crippen LogP contribution in [-0.2, 0) is 26.3 Å². The Bertz CT molecular complexity index is 961. The largest absolute Gasteiger partial charge is 0.460 e. The summed E-state index contributed by atoms with van der Waals surface area (Å²) in [7, 11) is -0.395. The third kappa shape index (κ3) is 3.13. The third-order valence-corrected chi connectivity index (χ3v) is 7.66. The summed E-state index contributed by atoms with van der Waals surface area (Å²) in [6, 6.07) is 7.86. The van der Waals surface area contributed by atoms with Gasteiger partial charge in [-0.25, -0.2) is 4.98 Å². The van der Waals surface area contributed by atoms with Gasteiger partial charge in [0.1, 0.15) is 6.10 Å². The molecule has 8 nitrogen and oxygen atoms in total. The highest BCUT2D eigenvalue weighted by Gasteiger charge is 2.51. The topological polar surface area (TPSA) is 84.7 Å². The molecule has 0 amide bonds. The van der Waals surface area contributed by atoms with Crippen molar-refractivity contribution in [1.29, 1.82) is 0 Å². The second-order valence-electron chi connectivity index (χ2n) is 7.59. The first kappa shape index (κ1) is 18.4. The lowest BCUT2D eigenvalue weighted by Crippen LogP contribution is -2.48. The molecule has 3 heterocycles. The second kappa shape index (κ2) is 6.57. The van der Waals surface area contributed by atoms with Crippen LogP contribution in [0, 0.1) is 5.41 Å². The average Bonchev–Trinajstić information content (AvgIpc) is 3.17. The van der Waals surface area contributed by atoms with Gasteiger partial charge in [-0.2, -0.15) is 17.0 Å². The maximum absolute atomic E-state index is 12.6. The molecule has 2 fully saturated rings. The molecule has 1 atom stereocenters. The van der Waals surface area contributed by atoms with Crippen LogP contribution < -0.4 is 0 Å². The standard InChI is InChI=1S/C18H24N4O4S/c1-20(2)27(24,25)22-9-7-18(8-10-22)11-14(26-17(18)23)12-21-13-19-15-5-3-4-6-16(15)21/h3-6,13-14H,7-12H2,1-2H3. The summed E-state index contributed by atoms with van der Waals surface area (Å²) in [5.41, 5.74) is 1.36. The van der Waals surface area contributed by atoms with Gasteiger partial charge >= 0.3 is 5.97 Å². The number of benzene rings is 1. The van der Waals surface area contributed by atoms with Crippen molar-refractivity contribution in [1.82, 2.24) is 18.2 Å². The van der Waals surface area contributed by atoms with Crippen molar-refractivity contribution in [2.45, 2.75) is 31.9 Å². The molecule has 9 heteroatoms. The highest BCUT2D eigenvalue weighted by Crippen LogP contribution is 2.44. The molecule has 27 heavy (non-hydrogen) atoms. The predicted molar refractivity (Wildman–Crippen MR) is 100 cm³/mol. The highest BCUT2D eigenvalue weighted by atomic mass is 32.2. The van der Waals surface area contributed by atoms with Crippen molar-refractivity contribution < 1.29 is 17.9 Å². The minimum atomic E-state index is -3.44. The van der Waals surface area contributed by atoms with Crippen LogP contribution in [0.3, 0.4) is 0 Å². The maximum Gasteiger partial charge on any atom is 0.312 e. The number of hydrogen-bond donors (Lipinski definition) is 0. The summed E-state index contributed by atoms with van der Waals surface area (Å²) in [5, 5.41) is 0. The molecule has 0 saturated carbocycles. The van der Waals surface area contributed by atoms with Gasteiger partial charge in [-0.1, -0.05) is 12.1 Å². The monoisotopic (exact) mass is 392 g/mol. The van der Waals surface area contributed by atoms with Gasteiger partial charge in [0.05, 0.1) is 29.3 Å². The number of aromatic nitrogens is 2. The lowest BCUT2D eigenvalue weighted by molar-refractivity contribution is -0.150. The lowest BCUT2D eigenvalue weighted by atomic mass is 9.76. The summed E-state index contributed by atoms with van der Waals surface area (Å²) in [6.45, 7) is 1.25. The smallest absolute Gasteiger partial charge is 0.312 e. The number of carbonyl (C=O) groups excluding carboxylic acids is 1. The Balaban J connectivity index is 1.45. The molecule has 1 spiro atoms. The van der Waals surface area contributed by atoms with Crippen LogP contribution in [0.25, 0.3) is 11.0 Å². The molecule has 2 aliphatic rings. The summed E-state index contributed by atoms with van der Waals surface area (Å²) in [4.78, 5) is 17.0. The molecule has 146 valence electrons. The van der Waals surface area contributed by atoms with Crippen molar-refractivity contribution in [3.8, 4) is 0 Å². The summed E-state index contributed by atoms with van der Waals surface area (Å²) in [5.74, 6) is -0.196. The van der Waals surface area contributed by atoms with Gasteiger partial charge in [0, 0.05) is 33.6 Å². The molecular weight excluding hydrogens is 368 g/mol. The molecule has 0 N–H and O–H groups in total. The number of rotatable bonds is 4. The van der Waals surface area contributed by atoms with E-state index >= 15 is 0 Å². The first-order valence-corrected chi connectivity index (χ1v) is 10.5. The van der Waals surface area contributed by atoms with Crippen LogP contribution in [0.5, 0.6) is 0 Å². The van der Waals surface area contributed by atoms with E-state index in [0.717, 1.165) is 11.0 Å². The van der Waals surface area contributed by atoms with Crippen LogP contribution in [-0.4, -0.2) is 65.8 Å². The Hall–Kier alpha value is -1.97. The minimum Gasteiger partial charge on any atom is -0.460 e. The fourth-order valence-electron chi connectivity index (χ4n) is 4.10. The zero-order chi connectivity index (χ0) is 19.2. The van der Waals surface area contributed by atoms with Crippen molar-refractivity contribution in [2.24, 2.45) is 5.41 Å². The number of hydrogen-bond acceptors (Lipinski definition) is 5. The molecular formula is C18H24N4O4S. The molecule has 0 aliphatic carbocycles. The van der Waals surface area contributed by atoms with E-state index in [1.807, 2.05) is 28.8 Å². The fraction of sp³-hybridized carbons (Fsp3) is 0.556. The van der Waals surface area contributed by atoms with Crippen LogP contribution in [0.2, 0.25) is 0 Å². The Morgan fingerprint density at radius 1 is 1.26 bits per heavy atom. The fourth-order valence-corrected chi connectivity index (χ4v) is 5.20. The molecule has 2 aromatic rings. The van der Waals surface area contributed by atoms with E-state index in [1.54, 1.807) is 6.33 Å². The Kier molecular flexibility index (Phi) is 4.48. The number of cyclic esters (lactones) is 1. The molecule has 0 radical (unpaired) electrons. The number of fused-ring (bicyclic) bond motifs is 1. The molecule has 4 rings (SSSR count). The number of nitrogens with zero attached hydrogens (tertiary/aromatic N) is 4.